The first-order chi connectivity index (χ1) is 5.72. The monoisotopic (exact) mass is 169 g/mol. The Hall–Kier alpha value is -1.65. The van der Waals surface area contributed by atoms with Crippen LogP contribution in [-0.2, 0) is 6.42 Å². The van der Waals surface area contributed by atoms with Crippen LogP contribution in [0.15, 0.2) is 23.6 Å². The Morgan fingerprint density at radius 1 is 1.67 bits per heavy atom. The van der Waals surface area contributed by atoms with Crippen LogP contribution < -0.4 is 5.73 Å². The first-order valence-corrected chi connectivity index (χ1v) is 3.28. The van der Waals surface area contributed by atoms with Crippen molar-refractivity contribution in [2.45, 2.75) is 6.42 Å². The molecule has 0 saturated heterocycles. The molecular formula is C7H8FN3O. The molecule has 0 spiro atoms. The standard InChI is InChI=1S/C7H8FN3O/c8-6-1-5(3-10-4-6)2-7(9)11-12/h1,3-4,12H,2H2,(H2,9,11). The van der Waals surface area contributed by atoms with Gasteiger partial charge in [0.05, 0.1) is 6.20 Å². The number of rotatable bonds is 2. The predicted octanol–water partition coefficient (Wildman–Crippen LogP) is 0.510. The van der Waals surface area contributed by atoms with E-state index in [4.69, 9.17) is 10.9 Å². The van der Waals surface area contributed by atoms with E-state index in [2.05, 4.69) is 10.1 Å². The van der Waals surface area contributed by atoms with E-state index in [0.29, 0.717) is 5.56 Å². The Morgan fingerprint density at radius 3 is 3.00 bits per heavy atom. The average molecular weight is 169 g/mol. The van der Waals surface area contributed by atoms with Crippen molar-refractivity contribution in [3.05, 3.63) is 29.8 Å². The normalized spacial score (nSPS) is 11.6. The van der Waals surface area contributed by atoms with Crippen LogP contribution in [0.5, 0.6) is 0 Å². The van der Waals surface area contributed by atoms with Crippen LogP contribution in [-0.4, -0.2) is 16.0 Å². The van der Waals surface area contributed by atoms with Gasteiger partial charge in [0.2, 0.25) is 0 Å². The molecule has 1 aromatic rings. The van der Waals surface area contributed by atoms with Gasteiger partial charge in [0.25, 0.3) is 0 Å². The quantitative estimate of drug-likeness (QED) is 0.293. The Labute approximate surface area is 68.5 Å². The zero-order valence-corrected chi connectivity index (χ0v) is 6.24. The molecule has 3 N–H and O–H groups in total. The lowest BCUT2D eigenvalue weighted by molar-refractivity contribution is 0.317. The van der Waals surface area contributed by atoms with Crippen LogP contribution in [0.2, 0.25) is 0 Å². The zero-order valence-electron chi connectivity index (χ0n) is 6.24. The molecule has 0 aliphatic rings. The topological polar surface area (TPSA) is 71.5 Å². The van der Waals surface area contributed by atoms with Gasteiger partial charge in [0.15, 0.2) is 0 Å². The lowest BCUT2D eigenvalue weighted by atomic mass is 10.2. The molecule has 0 amide bonds. The van der Waals surface area contributed by atoms with Gasteiger partial charge in [-0.25, -0.2) is 4.39 Å². The SMILES string of the molecule is N/C(Cc1cncc(F)c1)=N/O. The lowest BCUT2D eigenvalue weighted by Gasteiger charge is -1.97. The summed E-state index contributed by atoms with van der Waals surface area (Å²) in [6.07, 6.45) is 2.75. The fourth-order valence-electron chi connectivity index (χ4n) is 0.797. The molecule has 0 fully saturated rings. The summed E-state index contributed by atoms with van der Waals surface area (Å²) < 4.78 is 12.5. The van der Waals surface area contributed by atoms with Crippen LogP contribution in [0.1, 0.15) is 5.56 Å². The van der Waals surface area contributed by atoms with E-state index in [-0.39, 0.29) is 12.3 Å². The summed E-state index contributed by atoms with van der Waals surface area (Å²) in [5.74, 6) is -0.402. The van der Waals surface area contributed by atoms with Gasteiger partial charge in [-0.05, 0) is 11.6 Å². The van der Waals surface area contributed by atoms with Crippen molar-refractivity contribution in [1.82, 2.24) is 4.98 Å². The van der Waals surface area contributed by atoms with Crippen molar-refractivity contribution < 1.29 is 9.60 Å². The molecule has 0 aliphatic heterocycles. The molecule has 12 heavy (non-hydrogen) atoms. The second kappa shape index (κ2) is 3.66. The maximum Gasteiger partial charge on any atom is 0.143 e. The third-order valence-electron chi connectivity index (χ3n) is 1.28. The number of nitrogens with zero attached hydrogens (tertiary/aromatic N) is 2. The molecular weight excluding hydrogens is 161 g/mol. The van der Waals surface area contributed by atoms with E-state index in [1.807, 2.05) is 0 Å². The number of aromatic nitrogens is 1. The first-order valence-electron chi connectivity index (χ1n) is 3.28. The second-order valence-electron chi connectivity index (χ2n) is 2.28. The Balaban J connectivity index is 2.76. The van der Waals surface area contributed by atoms with Gasteiger partial charge in [-0.3, -0.25) is 4.98 Å². The highest BCUT2D eigenvalue weighted by atomic mass is 19.1. The van der Waals surface area contributed by atoms with Crippen molar-refractivity contribution in [3.63, 3.8) is 0 Å². The van der Waals surface area contributed by atoms with Gasteiger partial charge in [0.1, 0.15) is 11.7 Å². The summed E-state index contributed by atoms with van der Waals surface area (Å²) in [5, 5.41) is 11.0. The Morgan fingerprint density at radius 2 is 2.42 bits per heavy atom. The number of nitrogens with two attached hydrogens (primary N) is 1. The maximum absolute atomic E-state index is 12.5. The van der Waals surface area contributed by atoms with Crippen LogP contribution in [0.4, 0.5) is 4.39 Å². The largest absolute Gasteiger partial charge is 0.409 e. The summed E-state index contributed by atoms with van der Waals surface area (Å²) in [5.41, 5.74) is 5.78. The average Bonchev–Trinajstić information content (AvgIpc) is 2.04. The summed E-state index contributed by atoms with van der Waals surface area (Å²) in [6, 6.07) is 1.28. The minimum atomic E-state index is -0.432. The predicted molar refractivity (Wildman–Crippen MR) is 41.3 cm³/mol. The number of hydrogen-bond donors (Lipinski definition) is 2. The molecule has 0 atom stereocenters. The number of hydrogen-bond acceptors (Lipinski definition) is 3. The smallest absolute Gasteiger partial charge is 0.143 e. The summed E-state index contributed by atoms with van der Waals surface area (Å²) >= 11 is 0. The van der Waals surface area contributed by atoms with Crippen molar-refractivity contribution >= 4 is 5.84 Å². The van der Waals surface area contributed by atoms with Crippen LogP contribution in [0.25, 0.3) is 0 Å². The molecule has 0 aromatic carbocycles. The summed E-state index contributed by atoms with van der Waals surface area (Å²) in [4.78, 5) is 3.60. The molecule has 0 aliphatic carbocycles. The Bertz CT molecular complexity index is 300. The van der Waals surface area contributed by atoms with Crippen molar-refractivity contribution in [3.8, 4) is 0 Å². The lowest BCUT2D eigenvalue weighted by Crippen LogP contribution is -2.14. The molecule has 0 bridgehead atoms. The molecule has 1 aromatic heterocycles. The van der Waals surface area contributed by atoms with E-state index in [0.717, 1.165) is 6.20 Å². The minimum absolute atomic E-state index is 0.0300. The zero-order chi connectivity index (χ0) is 8.97. The third kappa shape index (κ3) is 2.19. The van der Waals surface area contributed by atoms with Gasteiger partial charge < -0.3 is 10.9 Å². The highest BCUT2D eigenvalue weighted by molar-refractivity contribution is 5.81. The molecule has 1 rings (SSSR count). The maximum atomic E-state index is 12.5. The van der Waals surface area contributed by atoms with Gasteiger partial charge in [-0.1, -0.05) is 5.16 Å². The third-order valence-corrected chi connectivity index (χ3v) is 1.28. The van der Waals surface area contributed by atoms with E-state index < -0.39 is 5.82 Å². The van der Waals surface area contributed by atoms with E-state index in [1.54, 1.807) is 0 Å². The van der Waals surface area contributed by atoms with Crippen LogP contribution in [0, 0.1) is 5.82 Å². The van der Waals surface area contributed by atoms with Gasteiger partial charge in [-0.2, -0.15) is 0 Å². The van der Waals surface area contributed by atoms with Crippen LogP contribution in [0.3, 0.4) is 0 Å². The molecule has 0 saturated carbocycles. The van der Waals surface area contributed by atoms with Crippen LogP contribution >= 0.6 is 0 Å². The number of oxime groups is 1. The number of halogens is 1. The van der Waals surface area contributed by atoms with E-state index >= 15 is 0 Å². The fourth-order valence-corrected chi connectivity index (χ4v) is 0.797. The molecule has 64 valence electrons. The number of pyridine rings is 1. The van der Waals surface area contributed by atoms with Gasteiger partial charge >= 0.3 is 0 Å². The summed E-state index contributed by atoms with van der Waals surface area (Å²) in [7, 11) is 0. The Kier molecular flexibility index (Phi) is 2.57. The molecule has 0 radical (unpaired) electrons. The van der Waals surface area contributed by atoms with Gasteiger partial charge in [0, 0.05) is 12.6 Å². The molecule has 5 heteroatoms. The van der Waals surface area contributed by atoms with E-state index in [9.17, 15) is 4.39 Å². The first kappa shape index (κ1) is 8.45. The molecule has 1 heterocycles. The van der Waals surface area contributed by atoms with E-state index in [1.165, 1.54) is 12.3 Å². The number of amidine groups is 1. The second-order valence-corrected chi connectivity index (χ2v) is 2.28. The summed E-state index contributed by atoms with van der Waals surface area (Å²) in [6.45, 7) is 0. The molecule has 4 nitrogen and oxygen atoms in total. The van der Waals surface area contributed by atoms with Crippen molar-refractivity contribution in [2.24, 2.45) is 10.9 Å². The van der Waals surface area contributed by atoms with Gasteiger partial charge in [-0.15, -0.1) is 0 Å². The van der Waals surface area contributed by atoms with Crippen molar-refractivity contribution in [1.29, 1.82) is 0 Å². The van der Waals surface area contributed by atoms with Crippen molar-refractivity contribution in [2.75, 3.05) is 0 Å². The minimum Gasteiger partial charge on any atom is -0.409 e. The highest BCUT2D eigenvalue weighted by Crippen LogP contribution is 2.01. The fraction of sp³-hybridized carbons (Fsp3) is 0.143. The molecule has 0 unspecified atom stereocenters. The highest BCUT2D eigenvalue weighted by Gasteiger charge is 1.98.